The summed E-state index contributed by atoms with van der Waals surface area (Å²) in [6, 6.07) is 10.6. The molecule has 1 saturated heterocycles. The van der Waals surface area contributed by atoms with Gasteiger partial charge in [0.1, 0.15) is 5.78 Å². The number of hydrogen-bond donors (Lipinski definition) is 0. The number of ketones is 1. The third-order valence-corrected chi connectivity index (χ3v) is 10.7. The standard InChI is InChI=1S/C20H31NO2Si/c1-20(2,3)24(4,5)23-19-11-18(22)16-13-21(14-17(16)19)12-15-9-7-6-8-10-15/h6-10,16-17,19H,11-14H2,1-5H3/t16-,17-,19+/m0/s1. The van der Waals surface area contributed by atoms with Crippen LogP contribution in [0.25, 0.3) is 0 Å². The summed E-state index contributed by atoms with van der Waals surface area (Å²) in [5.74, 6) is 0.984. The molecule has 2 fully saturated rings. The summed E-state index contributed by atoms with van der Waals surface area (Å²) in [6.45, 7) is 14.2. The van der Waals surface area contributed by atoms with Gasteiger partial charge in [0.15, 0.2) is 8.32 Å². The van der Waals surface area contributed by atoms with E-state index in [1.54, 1.807) is 0 Å². The van der Waals surface area contributed by atoms with Gasteiger partial charge >= 0.3 is 0 Å². The Morgan fingerprint density at radius 1 is 1.17 bits per heavy atom. The van der Waals surface area contributed by atoms with Gasteiger partial charge in [-0.15, -0.1) is 0 Å². The summed E-state index contributed by atoms with van der Waals surface area (Å²) in [7, 11) is -1.83. The maximum atomic E-state index is 12.5. The summed E-state index contributed by atoms with van der Waals surface area (Å²) in [6.07, 6.45) is 0.755. The van der Waals surface area contributed by atoms with Crippen molar-refractivity contribution in [3.63, 3.8) is 0 Å². The third-order valence-electron chi connectivity index (χ3n) is 6.24. The fourth-order valence-corrected chi connectivity index (χ4v) is 5.16. The van der Waals surface area contributed by atoms with Crippen molar-refractivity contribution in [2.24, 2.45) is 11.8 Å². The van der Waals surface area contributed by atoms with Gasteiger partial charge in [-0.3, -0.25) is 9.69 Å². The first-order valence-corrected chi connectivity index (χ1v) is 12.0. The van der Waals surface area contributed by atoms with Crippen LogP contribution in [0.2, 0.25) is 18.1 Å². The second-order valence-corrected chi connectivity index (χ2v) is 13.8. The fraction of sp³-hybridized carbons (Fsp3) is 0.650. The van der Waals surface area contributed by atoms with Gasteiger partial charge in [0.05, 0.1) is 6.10 Å². The van der Waals surface area contributed by atoms with Crippen LogP contribution in [0.15, 0.2) is 30.3 Å². The second-order valence-electron chi connectivity index (χ2n) is 9.04. The minimum atomic E-state index is -1.83. The number of fused-ring (bicyclic) bond motifs is 1. The molecule has 3 nitrogen and oxygen atoms in total. The van der Waals surface area contributed by atoms with E-state index in [0.717, 1.165) is 19.6 Å². The Kier molecular flexibility index (Phi) is 4.75. The number of nitrogens with zero attached hydrogens (tertiary/aromatic N) is 1. The first-order chi connectivity index (χ1) is 11.2. The highest BCUT2D eigenvalue weighted by molar-refractivity contribution is 6.74. The van der Waals surface area contributed by atoms with E-state index in [0.29, 0.717) is 18.1 Å². The molecule has 1 aliphatic heterocycles. The van der Waals surface area contributed by atoms with Crippen LogP contribution in [0.4, 0.5) is 0 Å². The quantitative estimate of drug-likeness (QED) is 0.770. The smallest absolute Gasteiger partial charge is 0.192 e. The van der Waals surface area contributed by atoms with Gasteiger partial charge in [-0.25, -0.2) is 0 Å². The molecule has 0 unspecified atom stereocenters. The number of rotatable bonds is 4. The molecule has 1 aromatic rings. The van der Waals surface area contributed by atoms with Crippen molar-refractivity contribution in [3.8, 4) is 0 Å². The molecule has 4 heteroatoms. The van der Waals surface area contributed by atoms with Gasteiger partial charge < -0.3 is 4.43 Å². The SMILES string of the molecule is CC(C)(C)[Si](C)(C)O[C@@H]1CC(=O)[C@H]2CN(Cc3ccccc3)C[C@@H]21. The molecular formula is C20H31NO2Si. The highest BCUT2D eigenvalue weighted by Crippen LogP contribution is 2.43. The van der Waals surface area contributed by atoms with Crippen LogP contribution in [0.1, 0.15) is 32.8 Å². The van der Waals surface area contributed by atoms with Crippen molar-refractivity contribution in [2.75, 3.05) is 13.1 Å². The lowest BCUT2D eigenvalue weighted by Crippen LogP contribution is -2.45. The van der Waals surface area contributed by atoms with Crippen molar-refractivity contribution in [3.05, 3.63) is 35.9 Å². The molecule has 24 heavy (non-hydrogen) atoms. The minimum Gasteiger partial charge on any atom is -0.413 e. The number of Topliss-reactive ketones (excluding diaryl/α,β-unsaturated/α-hetero) is 1. The Balaban J connectivity index is 1.67. The molecule has 132 valence electrons. The largest absolute Gasteiger partial charge is 0.413 e. The fourth-order valence-electron chi connectivity index (χ4n) is 3.79. The molecule has 0 N–H and O–H groups in total. The Morgan fingerprint density at radius 2 is 1.83 bits per heavy atom. The summed E-state index contributed by atoms with van der Waals surface area (Å²) < 4.78 is 6.64. The predicted molar refractivity (Wildman–Crippen MR) is 100 cm³/mol. The van der Waals surface area contributed by atoms with Gasteiger partial charge in [0.2, 0.25) is 0 Å². The number of likely N-dealkylation sites (tertiary alicyclic amines) is 1. The molecule has 1 aromatic carbocycles. The molecule has 0 amide bonds. The zero-order valence-corrected chi connectivity index (χ0v) is 16.7. The first kappa shape index (κ1) is 17.8. The average molecular weight is 346 g/mol. The zero-order chi connectivity index (χ0) is 17.5. The first-order valence-electron chi connectivity index (χ1n) is 9.14. The van der Waals surface area contributed by atoms with Crippen LogP contribution in [-0.4, -0.2) is 38.2 Å². The van der Waals surface area contributed by atoms with E-state index < -0.39 is 8.32 Å². The molecule has 0 spiro atoms. The van der Waals surface area contributed by atoms with E-state index >= 15 is 0 Å². The molecule has 1 heterocycles. The van der Waals surface area contributed by atoms with E-state index in [-0.39, 0.29) is 17.1 Å². The summed E-state index contributed by atoms with van der Waals surface area (Å²) in [5, 5.41) is 0.191. The Labute approximate surface area is 147 Å². The van der Waals surface area contributed by atoms with Crippen molar-refractivity contribution in [1.82, 2.24) is 4.90 Å². The minimum absolute atomic E-state index is 0.129. The van der Waals surface area contributed by atoms with E-state index in [1.807, 2.05) is 0 Å². The molecule has 1 saturated carbocycles. The zero-order valence-electron chi connectivity index (χ0n) is 15.7. The van der Waals surface area contributed by atoms with E-state index in [1.165, 1.54) is 5.56 Å². The predicted octanol–water partition coefficient (Wildman–Crippen LogP) is 4.10. The highest BCUT2D eigenvalue weighted by atomic mass is 28.4. The topological polar surface area (TPSA) is 29.5 Å². The maximum absolute atomic E-state index is 12.5. The van der Waals surface area contributed by atoms with Crippen LogP contribution < -0.4 is 0 Å². The number of benzene rings is 1. The van der Waals surface area contributed by atoms with Crippen molar-refractivity contribution in [2.45, 2.75) is 58.0 Å². The maximum Gasteiger partial charge on any atom is 0.192 e. The van der Waals surface area contributed by atoms with Crippen LogP contribution >= 0.6 is 0 Å². The average Bonchev–Trinajstić information content (AvgIpc) is 3.00. The van der Waals surface area contributed by atoms with Gasteiger partial charge in [-0.1, -0.05) is 51.1 Å². The van der Waals surface area contributed by atoms with Crippen LogP contribution in [0.5, 0.6) is 0 Å². The Bertz CT molecular complexity index is 593. The Hall–Kier alpha value is -0.973. The molecule has 0 bridgehead atoms. The Morgan fingerprint density at radius 3 is 2.46 bits per heavy atom. The molecule has 1 aliphatic carbocycles. The van der Waals surface area contributed by atoms with Gasteiger partial charge in [0, 0.05) is 37.9 Å². The molecule has 0 aromatic heterocycles. The van der Waals surface area contributed by atoms with Crippen molar-refractivity contribution >= 4 is 14.1 Å². The molecule has 0 radical (unpaired) electrons. The molecule has 2 aliphatic rings. The van der Waals surface area contributed by atoms with Gasteiger partial charge in [-0.2, -0.15) is 0 Å². The van der Waals surface area contributed by atoms with Crippen molar-refractivity contribution in [1.29, 1.82) is 0 Å². The molecule has 3 atom stereocenters. The van der Waals surface area contributed by atoms with Crippen LogP contribution in [0, 0.1) is 11.8 Å². The van der Waals surface area contributed by atoms with Gasteiger partial charge in [-0.05, 0) is 23.7 Å². The normalized spacial score (nSPS) is 28.4. The van der Waals surface area contributed by atoms with E-state index in [4.69, 9.17) is 4.43 Å². The third kappa shape index (κ3) is 3.51. The number of hydrogen-bond acceptors (Lipinski definition) is 3. The summed E-state index contributed by atoms with van der Waals surface area (Å²) in [4.78, 5) is 14.9. The lowest BCUT2D eigenvalue weighted by Gasteiger charge is -2.39. The number of carbonyl (C=O) groups is 1. The van der Waals surface area contributed by atoms with Crippen LogP contribution in [0.3, 0.4) is 0 Å². The van der Waals surface area contributed by atoms with Crippen molar-refractivity contribution < 1.29 is 9.22 Å². The summed E-state index contributed by atoms with van der Waals surface area (Å²) in [5.41, 5.74) is 1.33. The van der Waals surface area contributed by atoms with Crippen LogP contribution in [-0.2, 0) is 15.8 Å². The monoisotopic (exact) mass is 345 g/mol. The molecule has 3 rings (SSSR count). The second kappa shape index (κ2) is 6.39. The highest BCUT2D eigenvalue weighted by Gasteiger charge is 2.51. The number of carbonyl (C=O) groups excluding carboxylic acids is 1. The summed E-state index contributed by atoms with van der Waals surface area (Å²) >= 11 is 0. The lowest BCUT2D eigenvalue weighted by molar-refractivity contribution is -0.121. The van der Waals surface area contributed by atoms with E-state index in [9.17, 15) is 4.79 Å². The van der Waals surface area contributed by atoms with E-state index in [2.05, 4.69) is 69.1 Å². The molecular weight excluding hydrogens is 314 g/mol. The lowest BCUT2D eigenvalue weighted by atomic mass is 9.99. The van der Waals surface area contributed by atoms with Gasteiger partial charge in [0.25, 0.3) is 0 Å².